The Morgan fingerprint density at radius 1 is 1.64 bits per heavy atom. The van der Waals surface area contributed by atoms with Gasteiger partial charge in [-0.15, -0.1) is 0 Å². The Morgan fingerprint density at radius 2 is 2.18 bits per heavy atom. The van der Waals surface area contributed by atoms with E-state index in [2.05, 4.69) is 5.32 Å². The van der Waals surface area contributed by atoms with E-state index in [1.807, 2.05) is 6.92 Å². The number of nitrogens with one attached hydrogen (secondary N) is 1. The molecule has 0 bridgehead atoms. The minimum absolute atomic E-state index is 0.406. The fraction of sp³-hybridized carbons (Fsp3) is 0.833. The summed E-state index contributed by atoms with van der Waals surface area (Å²) in [5, 5.41) is 10.3. The first-order valence-electron chi connectivity index (χ1n) is 3.32. The van der Waals surface area contributed by atoms with Crippen LogP contribution in [0.4, 0.5) is 8.78 Å². The molecule has 0 aliphatic heterocycles. The Balaban J connectivity index is 3.64. The van der Waals surface area contributed by atoms with Gasteiger partial charge >= 0.3 is 11.9 Å². The number of hydrogen-bond donors (Lipinski definition) is 2. The summed E-state index contributed by atoms with van der Waals surface area (Å²) in [6, 6.07) is 0. The van der Waals surface area contributed by atoms with Crippen molar-refractivity contribution in [1.29, 1.82) is 0 Å². The van der Waals surface area contributed by atoms with Crippen LogP contribution in [0.3, 0.4) is 0 Å². The maximum absolute atomic E-state index is 12.2. The second-order valence-electron chi connectivity index (χ2n) is 2.19. The van der Waals surface area contributed by atoms with Crippen LogP contribution in [-0.2, 0) is 4.79 Å². The van der Waals surface area contributed by atoms with E-state index in [4.69, 9.17) is 5.11 Å². The van der Waals surface area contributed by atoms with E-state index in [-0.39, 0.29) is 0 Å². The zero-order valence-corrected chi connectivity index (χ0v) is 6.23. The third kappa shape index (κ3) is 3.87. The quantitative estimate of drug-likeness (QED) is 0.593. The highest BCUT2D eigenvalue weighted by atomic mass is 19.3. The molecule has 0 unspecified atom stereocenters. The molecule has 0 amide bonds. The van der Waals surface area contributed by atoms with Crippen molar-refractivity contribution < 1.29 is 18.7 Å². The van der Waals surface area contributed by atoms with Crippen LogP contribution < -0.4 is 5.32 Å². The van der Waals surface area contributed by atoms with Gasteiger partial charge in [-0.3, -0.25) is 0 Å². The van der Waals surface area contributed by atoms with Crippen LogP contribution in [-0.4, -0.2) is 30.1 Å². The average Bonchev–Trinajstić information content (AvgIpc) is 1.88. The van der Waals surface area contributed by atoms with Gasteiger partial charge in [0, 0.05) is 0 Å². The molecule has 0 saturated carbocycles. The Labute approximate surface area is 63.4 Å². The average molecular weight is 167 g/mol. The number of alkyl halides is 2. The standard InChI is InChI=1S/C6H11F2NO2/c1-2-3-9-4-6(7,8)5(10)11/h9H,2-4H2,1H3,(H,10,11). The van der Waals surface area contributed by atoms with E-state index in [0.29, 0.717) is 13.0 Å². The Bertz CT molecular complexity index is 139. The van der Waals surface area contributed by atoms with Gasteiger partial charge in [0.05, 0.1) is 6.54 Å². The Morgan fingerprint density at radius 3 is 2.55 bits per heavy atom. The lowest BCUT2D eigenvalue weighted by Gasteiger charge is -2.10. The summed E-state index contributed by atoms with van der Waals surface area (Å²) in [6.07, 6.45) is 0.704. The summed E-state index contributed by atoms with van der Waals surface area (Å²) in [5.41, 5.74) is 0. The molecule has 66 valence electrons. The van der Waals surface area contributed by atoms with Crippen molar-refractivity contribution in [2.45, 2.75) is 19.3 Å². The van der Waals surface area contributed by atoms with Gasteiger partial charge < -0.3 is 10.4 Å². The summed E-state index contributed by atoms with van der Waals surface area (Å²) in [7, 11) is 0. The van der Waals surface area contributed by atoms with E-state index in [1.54, 1.807) is 0 Å². The molecular weight excluding hydrogens is 156 g/mol. The van der Waals surface area contributed by atoms with Gasteiger partial charge in [-0.25, -0.2) is 4.79 Å². The molecule has 0 aliphatic rings. The van der Waals surface area contributed by atoms with E-state index in [9.17, 15) is 13.6 Å². The number of carbonyl (C=O) groups is 1. The minimum atomic E-state index is -3.64. The molecule has 3 nitrogen and oxygen atoms in total. The molecule has 0 radical (unpaired) electrons. The van der Waals surface area contributed by atoms with Gasteiger partial charge in [0.25, 0.3) is 0 Å². The second kappa shape index (κ2) is 4.23. The van der Waals surface area contributed by atoms with Crippen molar-refractivity contribution in [3.8, 4) is 0 Å². The highest BCUT2D eigenvalue weighted by Gasteiger charge is 2.37. The zero-order chi connectivity index (χ0) is 8.91. The van der Waals surface area contributed by atoms with Crippen molar-refractivity contribution in [3.05, 3.63) is 0 Å². The fourth-order valence-electron chi connectivity index (χ4n) is 0.498. The minimum Gasteiger partial charge on any atom is -0.477 e. The topological polar surface area (TPSA) is 49.3 Å². The monoisotopic (exact) mass is 167 g/mol. The van der Waals surface area contributed by atoms with Crippen LogP contribution in [0.2, 0.25) is 0 Å². The lowest BCUT2D eigenvalue weighted by molar-refractivity contribution is -0.163. The largest absolute Gasteiger partial charge is 0.477 e. The third-order valence-electron chi connectivity index (χ3n) is 1.09. The van der Waals surface area contributed by atoms with Crippen LogP contribution in [0.25, 0.3) is 0 Å². The Kier molecular flexibility index (Phi) is 3.95. The van der Waals surface area contributed by atoms with Gasteiger partial charge in [0.1, 0.15) is 0 Å². The van der Waals surface area contributed by atoms with Crippen LogP contribution in [0.1, 0.15) is 13.3 Å². The molecule has 0 aromatic carbocycles. The highest BCUT2D eigenvalue weighted by molar-refractivity contribution is 5.75. The summed E-state index contributed by atoms with van der Waals surface area (Å²) in [5.74, 6) is -5.73. The van der Waals surface area contributed by atoms with E-state index >= 15 is 0 Å². The third-order valence-corrected chi connectivity index (χ3v) is 1.09. The number of hydrogen-bond acceptors (Lipinski definition) is 2. The summed E-state index contributed by atoms with van der Waals surface area (Å²) < 4.78 is 24.4. The molecule has 0 spiro atoms. The number of halogens is 2. The molecule has 0 heterocycles. The van der Waals surface area contributed by atoms with E-state index in [0.717, 1.165) is 0 Å². The van der Waals surface area contributed by atoms with Crippen LogP contribution >= 0.6 is 0 Å². The first-order chi connectivity index (χ1) is 5.00. The maximum atomic E-state index is 12.2. The van der Waals surface area contributed by atoms with Gasteiger partial charge in [0.2, 0.25) is 0 Å². The molecule has 2 N–H and O–H groups in total. The number of carboxylic acids is 1. The number of rotatable bonds is 5. The van der Waals surface area contributed by atoms with Crippen molar-refractivity contribution in [3.63, 3.8) is 0 Å². The van der Waals surface area contributed by atoms with E-state index in [1.165, 1.54) is 0 Å². The van der Waals surface area contributed by atoms with Crippen molar-refractivity contribution in [2.75, 3.05) is 13.1 Å². The summed E-state index contributed by atoms with van der Waals surface area (Å²) in [6.45, 7) is 1.42. The predicted molar refractivity (Wildman–Crippen MR) is 35.7 cm³/mol. The fourth-order valence-corrected chi connectivity index (χ4v) is 0.498. The molecule has 0 atom stereocenters. The summed E-state index contributed by atoms with van der Waals surface area (Å²) in [4.78, 5) is 9.83. The Hall–Kier alpha value is -0.710. The summed E-state index contributed by atoms with van der Waals surface area (Å²) >= 11 is 0. The van der Waals surface area contributed by atoms with Gasteiger partial charge in [0.15, 0.2) is 0 Å². The lowest BCUT2D eigenvalue weighted by Crippen LogP contribution is -2.39. The first-order valence-corrected chi connectivity index (χ1v) is 3.32. The van der Waals surface area contributed by atoms with Gasteiger partial charge in [-0.2, -0.15) is 8.78 Å². The second-order valence-corrected chi connectivity index (χ2v) is 2.19. The molecule has 5 heteroatoms. The van der Waals surface area contributed by atoms with Crippen molar-refractivity contribution in [2.24, 2.45) is 0 Å². The molecule has 0 aromatic heterocycles. The first kappa shape index (κ1) is 10.3. The smallest absolute Gasteiger partial charge is 0.375 e. The van der Waals surface area contributed by atoms with Crippen molar-refractivity contribution in [1.82, 2.24) is 5.32 Å². The molecule has 0 rings (SSSR count). The zero-order valence-electron chi connectivity index (χ0n) is 6.23. The molecule has 0 aliphatic carbocycles. The van der Waals surface area contributed by atoms with Crippen molar-refractivity contribution >= 4 is 5.97 Å². The van der Waals surface area contributed by atoms with Crippen LogP contribution in [0.15, 0.2) is 0 Å². The maximum Gasteiger partial charge on any atom is 0.375 e. The SMILES string of the molecule is CCCNCC(F)(F)C(=O)O. The predicted octanol–water partition coefficient (Wildman–Crippen LogP) is 0.706. The molecule has 0 saturated heterocycles. The molecule has 0 fully saturated rings. The van der Waals surface area contributed by atoms with E-state index < -0.39 is 18.4 Å². The van der Waals surface area contributed by atoms with Gasteiger partial charge in [-0.05, 0) is 13.0 Å². The highest BCUT2D eigenvalue weighted by Crippen LogP contribution is 2.11. The molecular formula is C6H11F2NO2. The normalized spacial score (nSPS) is 11.5. The van der Waals surface area contributed by atoms with Gasteiger partial charge in [-0.1, -0.05) is 6.92 Å². The number of carboxylic acid groups (broad SMARTS) is 1. The lowest BCUT2D eigenvalue weighted by atomic mass is 10.3. The molecule has 0 aromatic rings. The number of aliphatic carboxylic acids is 1. The molecule has 11 heavy (non-hydrogen) atoms. The van der Waals surface area contributed by atoms with Crippen LogP contribution in [0, 0.1) is 0 Å². The van der Waals surface area contributed by atoms with Crippen LogP contribution in [0.5, 0.6) is 0 Å².